The summed E-state index contributed by atoms with van der Waals surface area (Å²) in [6.07, 6.45) is 1.41. The second-order valence-corrected chi connectivity index (χ2v) is 6.54. The van der Waals surface area contributed by atoms with Crippen LogP contribution in [0.3, 0.4) is 0 Å². The van der Waals surface area contributed by atoms with Crippen LogP contribution in [-0.2, 0) is 4.79 Å². The van der Waals surface area contributed by atoms with E-state index >= 15 is 0 Å². The van der Waals surface area contributed by atoms with Crippen molar-refractivity contribution < 1.29 is 4.79 Å². The van der Waals surface area contributed by atoms with Crippen molar-refractivity contribution in [2.75, 3.05) is 42.7 Å². The Morgan fingerprint density at radius 2 is 2.09 bits per heavy atom. The number of nitrogens with two attached hydrogens (primary N) is 1. The first kappa shape index (κ1) is 15.9. The lowest BCUT2D eigenvalue weighted by molar-refractivity contribution is -0.128. The van der Waals surface area contributed by atoms with Crippen molar-refractivity contribution >= 4 is 35.0 Å². The van der Waals surface area contributed by atoms with Crippen LogP contribution in [0.25, 0.3) is 0 Å². The van der Waals surface area contributed by atoms with E-state index in [0.717, 1.165) is 23.8 Å². The molecule has 1 saturated heterocycles. The summed E-state index contributed by atoms with van der Waals surface area (Å²) < 4.78 is 1.31. The fourth-order valence-corrected chi connectivity index (χ4v) is 3.36. The van der Waals surface area contributed by atoms with Crippen molar-refractivity contribution in [3.05, 3.63) is 35.6 Å². The fraction of sp³-hybridized carbons (Fsp3) is 0.357. The van der Waals surface area contributed by atoms with Gasteiger partial charge in [-0.05, 0) is 18.2 Å². The Bertz CT molecular complexity index is 685. The highest BCUT2D eigenvalue weighted by molar-refractivity contribution is 7.99. The molecular formula is C14H17ClN6OS. The number of carbonyl (C=O) groups excluding carboxylic acids is 1. The van der Waals surface area contributed by atoms with Crippen LogP contribution >= 0.6 is 23.4 Å². The Labute approximate surface area is 143 Å². The van der Waals surface area contributed by atoms with Gasteiger partial charge in [0.15, 0.2) is 0 Å². The predicted octanol–water partition coefficient (Wildman–Crippen LogP) is 1.09. The van der Waals surface area contributed by atoms with E-state index < -0.39 is 0 Å². The number of thioether (sulfide) groups is 1. The molecule has 3 rings (SSSR count). The number of anilines is 1. The van der Waals surface area contributed by atoms with E-state index in [1.807, 2.05) is 29.2 Å². The molecule has 23 heavy (non-hydrogen) atoms. The lowest BCUT2D eigenvalue weighted by atomic mass is 10.2. The average Bonchev–Trinajstić information content (AvgIpc) is 2.98. The SMILES string of the molecule is Nn1cnnc1SCC(=O)N1CCN(c2cccc(Cl)c2)CC1. The summed E-state index contributed by atoms with van der Waals surface area (Å²) in [5.41, 5.74) is 1.09. The number of hydrogen-bond acceptors (Lipinski definition) is 6. The topological polar surface area (TPSA) is 80.3 Å². The zero-order chi connectivity index (χ0) is 16.2. The molecule has 1 aromatic carbocycles. The molecule has 0 saturated carbocycles. The van der Waals surface area contributed by atoms with Gasteiger partial charge in [-0.15, -0.1) is 10.2 Å². The Morgan fingerprint density at radius 3 is 2.74 bits per heavy atom. The van der Waals surface area contributed by atoms with E-state index in [2.05, 4.69) is 15.1 Å². The standard InChI is InChI=1S/C14H17ClN6OS/c15-11-2-1-3-12(8-11)19-4-6-20(7-5-19)13(22)9-23-14-18-17-10-21(14)16/h1-3,8,10H,4-7,9,16H2. The fourth-order valence-electron chi connectivity index (χ4n) is 2.44. The van der Waals surface area contributed by atoms with E-state index in [0.29, 0.717) is 24.0 Å². The molecule has 1 amide bonds. The first-order chi connectivity index (χ1) is 11.1. The molecule has 0 radical (unpaired) electrons. The predicted molar refractivity (Wildman–Crippen MR) is 91.1 cm³/mol. The van der Waals surface area contributed by atoms with Crippen LogP contribution in [0.1, 0.15) is 0 Å². The molecule has 2 N–H and O–H groups in total. The number of hydrogen-bond donors (Lipinski definition) is 1. The summed E-state index contributed by atoms with van der Waals surface area (Å²) in [6, 6.07) is 7.78. The summed E-state index contributed by atoms with van der Waals surface area (Å²) in [7, 11) is 0. The number of nitrogen functional groups attached to an aromatic ring is 1. The van der Waals surface area contributed by atoms with Crippen molar-refractivity contribution in [1.82, 2.24) is 19.8 Å². The van der Waals surface area contributed by atoms with Gasteiger partial charge in [-0.3, -0.25) is 4.79 Å². The van der Waals surface area contributed by atoms with E-state index in [9.17, 15) is 4.79 Å². The largest absolute Gasteiger partial charge is 0.368 e. The normalized spacial score (nSPS) is 15.0. The monoisotopic (exact) mass is 352 g/mol. The number of nitrogens with zero attached hydrogens (tertiary/aromatic N) is 5. The molecule has 0 atom stereocenters. The van der Waals surface area contributed by atoms with Gasteiger partial charge < -0.3 is 15.6 Å². The van der Waals surface area contributed by atoms with Gasteiger partial charge in [0.1, 0.15) is 6.33 Å². The second-order valence-electron chi connectivity index (χ2n) is 5.16. The summed E-state index contributed by atoms with van der Waals surface area (Å²) >= 11 is 7.33. The lowest BCUT2D eigenvalue weighted by Gasteiger charge is -2.36. The van der Waals surface area contributed by atoms with Gasteiger partial charge >= 0.3 is 0 Å². The number of carbonyl (C=O) groups is 1. The maximum Gasteiger partial charge on any atom is 0.233 e. The molecule has 1 aromatic heterocycles. The summed E-state index contributed by atoms with van der Waals surface area (Å²) in [5, 5.41) is 8.80. The van der Waals surface area contributed by atoms with Gasteiger partial charge in [0.05, 0.1) is 5.75 Å². The Balaban J connectivity index is 1.50. The highest BCUT2D eigenvalue weighted by Crippen LogP contribution is 2.21. The molecule has 1 fully saturated rings. The Kier molecular flexibility index (Phi) is 4.92. The summed E-state index contributed by atoms with van der Waals surface area (Å²) in [4.78, 5) is 16.4. The minimum Gasteiger partial charge on any atom is -0.368 e. The van der Waals surface area contributed by atoms with Crippen LogP contribution in [0.4, 0.5) is 5.69 Å². The highest BCUT2D eigenvalue weighted by atomic mass is 35.5. The van der Waals surface area contributed by atoms with Crippen molar-refractivity contribution in [3.63, 3.8) is 0 Å². The summed E-state index contributed by atoms with van der Waals surface area (Å²) in [6.45, 7) is 2.98. The van der Waals surface area contributed by atoms with Gasteiger partial charge in [0, 0.05) is 36.9 Å². The molecule has 1 aliphatic rings. The average molecular weight is 353 g/mol. The highest BCUT2D eigenvalue weighted by Gasteiger charge is 2.21. The van der Waals surface area contributed by atoms with Gasteiger partial charge in [-0.1, -0.05) is 29.4 Å². The van der Waals surface area contributed by atoms with Crippen molar-refractivity contribution in [2.45, 2.75) is 5.16 Å². The molecule has 9 heteroatoms. The Morgan fingerprint density at radius 1 is 1.30 bits per heavy atom. The number of aromatic nitrogens is 3. The van der Waals surface area contributed by atoms with Crippen LogP contribution in [0.2, 0.25) is 5.02 Å². The van der Waals surface area contributed by atoms with Crippen LogP contribution < -0.4 is 10.7 Å². The molecule has 1 aliphatic heterocycles. The third-order valence-corrected chi connectivity index (χ3v) is 4.85. The second kappa shape index (κ2) is 7.10. The lowest BCUT2D eigenvalue weighted by Crippen LogP contribution is -2.49. The van der Waals surface area contributed by atoms with E-state index in [4.69, 9.17) is 17.4 Å². The molecule has 0 spiro atoms. The Hall–Kier alpha value is -1.93. The smallest absolute Gasteiger partial charge is 0.233 e. The molecular weight excluding hydrogens is 336 g/mol. The number of rotatable bonds is 4. The van der Waals surface area contributed by atoms with Crippen LogP contribution in [0, 0.1) is 0 Å². The number of piperazine rings is 1. The van der Waals surface area contributed by atoms with E-state index in [-0.39, 0.29) is 5.91 Å². The molecule has 0 aliphatic carbocycles. The molecule has 2 aromatic rings. The maximum absolute atomic E-state index is 12.3. The minimum atomic E-state index is 0.0868. The summed E-state index contributed by atoms with van der Waals surface area (Å²) in [5.74, 6) is 6.03. The van der Waals surface area contributed by atoms with E-state index in [1.54, 1.807) is 0 Å². The van der Waals surface area contributed by atoms with Crippen molar-refractivity contribution in [3.8, 4) is 0 Å². The number of amides is 1. The van der Waals surface area contributed by atoms with Crippen molar-refractivity contribution in [1.29, 1.82) is 0 Å². The third-order valence-electron chi connectivity index (χ3n) is 3.67. The first-order valence-electron chi connectivity index (χ1n) is 7.19. The molecule has 0 unspecified atom stereocenters. The maximum atomic E-state index is 12.3. The minimum absolute atomic E-state index is 0.0868. The van der Waals surface area contributed by atoms with Gasteiger partial charge in [-0.2, -0.15) is 0 Å². The quantitative estimate of drug-likeness (QED) is 0.655. The zero-order valence-electron chi connectivity index (χ0n) is 12.4. The van der Waals surface area contributed by atoms with Gasteiger partial charge in [0.2, 0.25) is 11.1 Å². The molecule has 7 nitrogen and oxygen atoms in total. The van der Waals surface area contributed by atoms with Crippen LogP contribution in [0.5, 0.6) is 0 Å². The molecule has 0 bridgehead atoms. The zero-order valence-corrected chi connectivity index (χ0v) is 14.0. The first-order valence-corrected chi connectivity index (χ1v) is 8.56. The van der Waals surface area contributed by atoms with Crippen LogP contribution in [-0.4, -0.2) is 57.6 Å². The van der Waals surface area contributed by atoms with Crippen LogP contribution in [0.15, 0.2) is 35.7 Å². The van der Waals surface area contributed by atoms with Crippen molar-refractivity contribution in [2.24, 2.45) is 0 Å². The molecule has 2 heterocycles. The van der Waals surface area contributed by atoms with Gasteiger partial charge in [0.25, 0.3) is 0 Å². The molecule has 122 valence electrons. The number of benzene rings is 1. The third kappa shape index (κ3) is 3.89. The van der Waals surface area contributed by atoms with E-state index in [1.165, 1.54) is 22.8 Å². The number of halogens is 1. The van der Waals surface area contributed by atoms with Gasteiger partial charge in [-0.25, -0.2) is 4.68 Å².